The summed E-state index contributed by atoms with van der Waals surface area (Å²) < 4.78 is 33.8. The summed E-state index contributed by atoms with van der Waals surface area (Å²) in [6.45, 7) is 5.80. The molecule has 0 fully saturated rings. The van der Waals surface area contributed by atoms with Gasteiger partial charge in [0.1, 0.15) is 10.6 Å². The van der Waals surface area contributed by atoms with E-state index >= 15 is 0 Å². The number of nitrogens with zero attached hydrogens (tertiary/aromatic N) is 1. The fourth-order valence-electron chi connectivity index (χ4n) is 2.86. The number of anilines is 1. The van der Waals surface area contributed by atoms with E-state index in [0.717, 1.165) is 15.6 Å². The summed E-state index contributed by atoms with van der Waals surface area (Å²) >= 11 is 1.35. The third-order valence-electron chi connectivity index (χ3n) is 4.45. The first kappa shape index (κ1) is 20.9. The number of ether oxygens (including phenoxy) is 1. The molecule has 0 aliphatic rings. The Kier molecular flexibility index (Phi) is 5.95. The molecule has 1 amide bonds. The van der Waals surface area contributed by atoms with Gasteiger partial charge in [-0.1, -0.05) is 12.1 Å². The molecular formula is C21H22N2O4S2. The summed E-state index contributed by atoms with van der Waals surface area (Å²) in [5.41, 5.74) is 1.32. The lowest BCUT2D eigenvalue weighted by atomic mass is 10.2. The Labute approximate surface area is 174 Å². The highest BCUT2D eigenvalue weighted by Gasteiger charge is 2.26. The molecular weight excluding hydrogens is 408 g/mol. The number of thiophene rings is 1. The summed E-state index contributed by atoms with van der Waals surface area (Å²) in [4.78, 5) is 12.8. The number of amides is 1. The molecule has 0 saturated heterocycles. The van der Waals surface area contributed by atoms with Crippen LogP contribution in [0.1, 0.15) is 15.2 Å². The van der Waals surface area contributed by atoms with E-state index in [9.17, 15) is 13.2 Å². The Morgan fingerprint density at radius 2 is 2.00 bits per heavy atom. The number of sulfonamides is 1. The van der Waals surface area contributed by atoms with Crippen molar-refractivity contribution in [1.29, 1.82) is 0 Å². The summed E-state index contributed by atoms with van der Waals surface area (Å²) in [6, 6.07) is 12.1. The number of methoxy groups -OCH3 is 1. The van der Waals surface area contributed by atoms with Crippen molar-refractivity contribution in [3.63, 3.8) is 0 Å². The zero-order chi connectivity index (χ0) is 21.2. The van der Waals surface area contributed by atoms with Gasteiger partial charge >= 0.3 is 0 Å². The number of rotatable bonds is 7. The van der Waals surface area contributed by atoms with Gasteiger partial charge in [0.2, 0.25) is 0 Å². The van der Waals surface area contributed by atoms with E-state index in [2.05, 4.69) is 11.9 Å². The Balaban J connectivity index is 1.98. The second-order valence-corrected chi connectivity index (χ2v) is 9.48. The van der Waals surface area contributed by atoms with Crippen molar-refractivity contribution in [3.8, 4) is 5.75 Å². The lowest BCUT2D eigenvalue weighted by Gasteiger charge is -2.21. The Morgan fingerprint density at radius 3 is 2.69 bits per heavy atom. The molecule has 6 nitrogen and oxygen atoms in total. The maximum absolute atomic E-state index is 13.2. The highest BCUT2D eigenvalue weighted by molar-refractivity contribution is 7.93. The summed E-state index contributed by atoms with van der Waals surface area (Å²) in [7, 11) is -0.879. The second kappa shape index (κ2) is 8.26. The van der Waals surface area contributed by atoms with Gasteiger partial charge in [-0.15, -0.1) is 17.9 Å². The maximum Gasteiger partial charge on any atom is 0.267 e. The Bertz CT molecular complexity index is 1180. The van der Waals surface area contributed by atoms with Crippen LogP contribution in [0.4, 0.5) is 5.69 Å². The molecule has 8 heteroatoms. The van der Waals surface area contributed by atoms with Crippen molar-refractivity contribution in [2.24, 2.45) is 0 Å². The molecule has 1 heterocycles. The molecule has 3 aromatic rings. The molecule has 29 heavy (non-hydrogen) atoms. The van der Waals surface area contributed by atoms with Crippen LogP contribution in [-0.2, 0) is 10.0 Å². The zero-order valence-corrected chi connectivity index (χ0v) is 18.1. The first-order valence-electron chi connectivity index (χ1n) is 8.84. The van der Waals surface area contributed by atoms with E-state index in [1.807, 2.05) is 13.0 Å². The van der Waals surface area contributed by atoms with Crippen LogP contribution in [0.3, 0.4) is 0 Å². The lowest BCUT2D eigenvalue weighted by Crippen LogP contribution is -2.27. The van der Waals surface area contributed by atoms with Crippen molar-refractivity contribution >= 4 is 43.0 Å². The fraction of sp³-hybridized carbons (Fsp3) is 0.190. The third-order valence-corrected chi connectivity index (χ3v) is 7.37. The van der Waals surface area contributed by atoms with Crippen molar-refractivity contribution in [1.82, 2.24) is 5.32 Å². The second-order valence-electron chi connectivity index (χ2n) is 6.46. The minimum absolute atomic E-state index is 0.109. The van der Waals surface area contributed by atoms with Gasteiger partial charge in [0, 0.05) is 18.3 Å². The van der Waals surface area contributed by atoms with Crippen LogP contribution in [0.2, 0.25) is 0 Å². The first-order chi connectivity index (χ1) is 13.8. The van der Waals surface area contributed by atoms with Crippen LogP contribution < -0.4 is 14.4 Å². The van der Waals surface area contributed by atoms with Gasteiger partial charge < -0.3 is 10.1 Å². The Morgan fingerprint density at radius 1 is 1.24 bits per heavy atom. The number of hydrogen-bond donors (Lipinski definition) is 1. The number of aryl methyl sites for hydroxylation is 1. The number of nitrogens with one attached hydrogen (secondary N) is 1. The number of fused-ring (bicyclic) bond motifs is 1. The largest absolute Gasteiger partial charge is 0.495 e. The topological polar surface area (TPSA) is 75.7 Å². The molecule has 0 spiro atoms. The highest BCUT2D eigenvalue weighted by Crippen LogP contribution is 2.33. The molecule has 0 bridgehead atoms. The molecule has 0 unspecified atom stereocenters. The van der Waals surface area contributed by atoms with E-state index in [1.54, 1.807) is 42.5 Å². The van der Waals surface area contributed by atoms with Crippen LogP contribution in [-0.4, -0.2) is 35.0 Å². The van der Waals surface area contributed by atoms with E-state index in [0.29, 0.717) is 22.9 Å². The normalized spacial score (nSPS) is 11.3. The smallest absolute Gasteiger partial charge is 0.267 e. The van der Waals surface area contributed by atoms with Crippen LogP contribution in [0.25, 0.3) is 10.1 Å². The van der Waals surface area contributed by atoms with E-state index in [1.165, 1.54) is 29.8 Å². The number of carbonyl (C=O) groups excluding carboxylic acids is 1. The average Bonchev–Trinajstić information content (AvgIpc) is 3.14. The van der Waals surface area contributed by atoms with E-state index in [4.69, 9.17) is 4.74 Å². The molecule has 0 saturated carbocycles. The average molecular weight is 431 g/mol. The van der Waals surface area contributed by atoms with Crippen molar-refractivity contribution < 1.29 is 17.9 Å². The zero-order valence-electron chi connectivity index (χ0n) is 16.4. The highest BCUT2D eigenvalue weighted by atomic mass is 32.2. The van der Waals surface area contributed by atoms with E-state index < -0.39 is 10.0 Å². The van der Waals surface area contributed by atoms with Crippen molar-refractivity contribution in [2.45, 2.75) is 11.8 Å². The molecule has 152 valence electrons. The lowest BCUT2D eigenvalue weighted by molar-refractivity contribution is 0.0962. The van der Waals surface area contributed by atoms with E-state index in [-0.39, 0.29) is 10.8 Å². The molecule has 0 aliphatic heterocycles. The molecule has 1 aromatic heterocycles. The van der Waals surface area contributed by atoms with Crippen LogP contribution in [0, 0.1) is 6.92 Å². The van der Waals surface area contributed by atoms with Gasteiger partial charge in [-0.3, -0.25) is 9.10 Å². The summed E-state index contributed by atoms with van der Waals surface area (Å²) in [5.74, 6) is 0.110. The first-order valence-corrected chi connectivity index (χ1v) is 11.1. The molecule has 2 aromatic carbocycles. The van der Waals surface area contributed by atoms with Crippen LogP contribution >= 0.6 is 11.3 Å². The predicted octanol–water partition coefficient (Wildman–Crippen LogP) is 3.96. The van der Waals surface area contributed by atoms with Gasteiger partial charge in [0.05, 0.1) is 17.7 Å². The minimum atomic E-state index is -3.83. The van der Waals surface area contributed by atoms with Crippen LogP contribution in [0.5, 0.6) is 5.75 Å². The monoisotopic (exact) mass is 430 g/mol. The number of benzene rings is 2. The quantitative estimate of drug-likeness (QED) is 0.576. The molecule has 0 atom stereocenters. The van der Waals surface area contributed by atoms with Gasteiger partial charge in [0.25, 0.3) is 15.9 Å². The summed E-state index contributed by atoms with van der Waals surface area (Å²) in [6.07, 6.45) is 1.61. The summed E-state index contributed by atoms with van der Waals surface area (Å²) in [5, 5.41) is 3.54. The number of hydrogen-bond acceptors (Lipinski definition) is 5. The molecule has 0 aliphatic carbocycles. The van der Waals surface area contributed by atoms with Crippen LogP contribution in [0.15, 0.2) is 60.0 Å². The molecule has 0 radical (unpaired) electrons. The van der Waals surface area contributed by atoms with Crippen molar-refractivity contribution in [2.75, 3.05) is 25.0 Å². The SMILES string of the molecule is C=CCNC(=O)c1cc2cc(N(C)S(=O)(=O)c3cc(C)ccc3OC)ccc2s1. The van der Waals surface area contributed by atoms with Crippen molar-refractivity contribution in [3.05, 3.63) is 65.6 Å². The predicted molar refractivity (Wildman–Crippen MR) is 118 cm³/mol. The number of carbonyl (C=O) groups is 1. The van der Waals surface area contributed by atoms with Gasteiger partial charge in [-0.2, -0.15) is 0 Å². The standard InChI is InChI=1S/C21H22N2O4S2/c1-5-10-22-21(24)19-13-15-12-16(7-9-18(15)28-19)23(3)29(25,26)20-11-14(2)6-8-17(20)27-4/h5-9,11-13H,1,10H2,2-4H3,(H,22,24). The Hall–Kier alpha value is -2.84. The fourth-order valence-corrected chi connectivity index (χ4v) is 5.25. The molecule has 1 N–H and O–H groups in total. The van der Waals surface area contributed by atoms with Gasteiger partial charge in [-0.25, -0.2) is 8.42 Å². The maximum atomic E-state index is 13.2. The third kappa shape index (κ3) is 4.13. The van der Waals surface area contributed by atoms with Gasteiger partial charge in [0.15, 0.2) is 0 Å². The molecule has 3 rings (SSSR count). The van der Waals surface area contributed by atoms with Gasteiger partial charge in [-0.05, 0) is 54.3 Å². The minimum Gasteiger partial charge on any atom is -0.495 e.